The summed E-state index contributed by atoms with van der Waals surface area (Å²) in [6, 6.07) is 19.7. The van der Waals surface area contributed by atoms with E-state index < -0.39 is 23.3 Å². The van der Waals surface area contributed by atoms with Crippen LogP contribution in [0.5, 0.6) is 0 Å². The minimum atomic E-state index is -1.05. The summed E-state index contributed by atoms with van der Waals surface area (Å²) in [6.07, 6.45) is 4.54. The van der Waals surface area contributed by atoms with Crippen molar-refractivity contribution < 1.29 is 58.0 Å². The highest BCUT2D eigenvalue weighted by Crippen LogP contribution is 2.30. The number of carbonyl (C=O) groups is 7. The first-order valence-corrected chi connectivity index (χ1v) is 21.0. The van der Waals surface area contributed by atoms with E-state index >= 15 is 0 Å². The first-order valence-electron chi connectivity index (χ1n) is 21.0. The molecule has 61 heavy (non-hydrogen) atoms. The highest BCUT2D eigenvalue weighted by molar-refractivity contribution is 6.21. The van der Waals surface area contributed by atoms with Gasteiger partial charge in [0, 0.05) is 11.8 Å². The van der Waals surface area contributed by atoms with E-state index in [2.05, 4.69) is 55.5 Å². The van der Waals surface area contributed by atoms with Gasteiger partial charge in [-0.3, -0.25) is 38.5 Å². The number of benzene rings is 2. The lowest BCUT2D eigenvalue weighted by Crippen LogP contribution is -2.30. The van der Waals surface area contributed by atoms with Crippen LogP contribution in [0.1, 0.15) is 133 Å². The van der Waals surface area contributed by atoms with Crippen LogP contribution in [0, 0.1) is 28.6 Å². The molecule has 0 spiro atoms. The number of hydrogen-bond acceptors (Lipinski definition) is 10. The van der Waals surface area contributed by atoms with Gasteiger partial charge in [0.2, 0.25) is 11.8 Å². The minimum Gasteiger partial charge on any atom is -0.481 e. The number of amides is 2. The first kappa shape index (κ1) is 57.8. The molecule has 2 aromatic rings. The van der Waals surface area contributed by atoms with Crippen LogP contribution in [0.4, 0.5) is 5.69 Å². The summed E-state index contributed by atoms with van der Waals surface area (Å²) in [5.74, 6) is -2.93. The second kappa shape index (κ2) is 30.7. The Morgan fingerprint density at radius 3 is 1.59 bits per heavy atom. The number of anilines is 1. The van der Waals surface area contributed by atoms with Crippen molar-refractivity contribution in [3.63, 3.8) is 0 Å². The quantitative estimate of drug-likeness (QED) is 0.0504. The number of carboxylic acids is 2. The van der Waals surface area contributed by atoms with Crippen molar-refractivity contribution >= 4 is 47.3 Å². The van der Waals surface area contributed by atoms with E-state index in [0.29, 0.717) is 31.1 Å². The van der Waals surface area contributed by atoms with Gasteiger partial charge in [-0.1, -0.05) is 117 Å². The molecule has 0 radical (unpaired) electrons. The minimum absolute atomic E-state index is 0.00197. The Balaban J connectivity index is 0. The summed E-state index contributed by atoms with van der Waals surface area (Å²) in [7, 11) is 0. The molecule has 3 rings (SSSR count). The van der Waals surface area contributed by atoms with E-state index in [1.807, 2.05) is 52.8 Å². The Morgan fingerprint density at radius 1 is 0.721 bits per heavy atom. The number of rotatable bonds is 17. The average Bonchev–Trinajstić information content (AvgIpc) is 3.45. The molecular formula is C48H73NO12. The van der Waals surface area contributed by atoms with Crippen LogP contribution >= 0.6 is 0 Å². The smallest absolute Gasteiger partial charge is 0.311 e. The molecule has 1 fully saturated rings. The molecule has 342 valence electrons. The highest BCUT2D eigenvalue weighted by Gasteiger charge is 2.42. The largest absolute Gasteiger partial charge is 0.481 e. The molecule has 1 saturated heterocycles. The van der Waals surface area contributed by atoms with Crippen LogP contribution in [-0.4, -0.2) is 71.7 Å². The fraction of sp³-hybridized carbons (Fsp3) is 0.562. The van der Waals surface area contributed by atoms with Crippen molar-refractivity contribution in [2.75, 3.05) is 24.7 Å². The molecule has 13 nitrogen and oxygen atoms in total. The number of aliphatic carboxylic acids is 2. The van der Waals surface area contributed by atoms with Crippen LogP contribution in [0.15, 0.2) is 73.3 Å². The molecule has 4 atom stereocenters. The van der Waals surface area contributed by atoms with E-state index in [1.165, 1.54) is 16.9 Å². The SMILES string of the molecule is C=CCOC(=O)C(C)(C)CC.CC1C(=O)N(c2ccccc2)C(=O)C1C.CCC(C)(C)C(=O)O.CCC(C)C(=O)OCCOC(=O)CCC(=O)O.CCC(C)c1ccccc1. The molecule has 2 N–H and O–H groups in total. The Labute approximate surface area is 364 Å². The molecule has 4 unspecified atom stereocenters. The fourth-order valence-corrected chi connectivity index (χ4v) is 4.31. The molecule has 2 amide bonds. The van der Waals surface area contributed by atoms with E-state index in [4.69, 9.17) is 19.7 Å². The maximum absolute atomic E-state index is 11.8. The van der Waals surface area contributed by atoms with E-state index in [0.717, 1.165) is 6.42 Å². The van der Waals surface area contributed by atoms with Gasteiger partial charge in [0.15, 0.2) is 0 Å². The zero-order valence-corrected chi connectivity index (χ0v) is 38.7. The summed E-state index contributed by atoms with van der Waals surface area (Å²) in [5, 5.41) is 16.8. The summed E-state index contributed by atoms with van der Waals surface area (Å²) in [5.41, 5.74) is 1.22. The Morgan fingerprint density at radius 2 is 1.20 bits per heavy atom. The van der Waals surface area contributed by atoms with Gasteiger partial charge >= 0.3 is 29.8 Å². The maximum atomic E-state index is 11.8. The van der Waals surface area contributed by atoms with Gasteiger partial charge < -0.3 is 24.4 Å². The highest BCUT2D eigenvalue weighted by atomic mass is 16.6. The Hall–Kier alpha value is -5.33. The number of hydrogen-bond donors (Lipinski definition) is 2. The van der Waals surface area contributed by atoms with Gasteiger partial charge in [-0.05, 0) is 77.0 Å². The van der Waals surface area contributed by atoms with Crippen molar-refractivity contribution in [3.8, 4) is 0 Å². The molecule has 0 bridgehead atoms. The lowest BCUT2D eigenvalue weighted by molar-refractivity contribution is -0.155. The molecule has 1 aliphatic heterocycles. The van der Waals surface area contributed by atoms with Gasteiger partial charge in [0.25, 0.3) is 0 Å². The lowest BCUT2D eigenvalue weighted by Gasteiger charge is -2.19. The van der Waals surface area contributed by atoms with Crippen LogP contribution in [0.3, 0.4) is 0 Å². The number of esters is 3. The average molecular weight is 856 g/mol. The van der Waals surface area contributed by atoms with Gasteiger partial charge in [-0.15, -0.1) is 0 Å². The fourth-order valence-electron chi connectivity index (χ4n) is 4.31. The van der Waals surface area contributed by atoms with E-state index in [9.17, 15) is 33.6 Å². The van der Waals surface area contributed by atoms with Crippen molar-refractivity contribution in [2.24, 2.45) is 28.6 Å². The van der Waals surface area contributed by atoms with Crippen molar-refractivity contribution in [1.82, 2.24) is 0 Å². The number of ether oxygens (including phenoxy) is 3. The Bertz CT molecular complexity index is 1620. The van der Waals surface area contributed by atoms with Crippen molar-refractivity contribution in [2.45, 2.75) is 128 Å². The van der Waals surface area contributed by atoms with Crippen molar-refractivity contribution in [3.05, 3.63) is 78.9 Å². The second-order valence-electron chi connectivity index (χ2n) is 15.9. The molecule has 0 aromatic heterocycles. The van der Waals surface area contributed by atoms with Gasteiger partial charge in [-0.25, -0.2) is 0 Å². The second-order valence-corrected chi connectivity index (χ2v) is 15.9. The molecule has 1 aliphatic rings. The lowest BCUT2D eigenvalue weighted by atomic mass is 9.91. The normalized spacial score (nSPS) is 15.2. The third kappa shape index (κ3) is 23.3. The third-order valence-electron chi connectivity index (χ3n) is 10.3. The summed E-state index contributed by atoms with van der Waals surface area (Å²) < 4.78 is 14.4. The standard InChI is InChI=1S/C12H13NO2.C11H18O6.C10H14.C9H16O2.C6H12O2/c1-8-9(2)12(15)13(11(8)14)10-6-4-3-5-7-10;1-3-8(2)11(15)17-7-6-16-10(14)5-4-9(12)13;1-3-9(2)10-7-5-4-6-8-10;1-5-7-11-8(10)9(3,4)6-2;1-4-6(2,3)5(7)8/h3-9H,1-2H3;8H,3-7H2,1-2H3,(H,12,13);4-9H,3H2,1-2H3;5H,1,6-7H2,2-4H3;4H2,1-3H3,(H,7,8). The van der Waals surface area contributed by atoms with E-state index in [1.54, 1.807) is 52.8 Å². The van der Waals surface area contributed by atoms with Gasteiger partial charge in [0.1, 0.15) is 19.8 Å². The topological polar surface area (TPSA) is 191 Å². The maximum Gasteiger partial charge on any atom is 0.311 e. The van der Waals surface area contributed by atoms with Gasteiger partial charge in [0.05, 0.1) is 35.3 Å². The molecule has 2 aromatic carbocycles. The monoisotopic (exact) mass is 856 g/mol. The number of nitrogens with zero attached hydrogens (tertiary/aromatic N) is 1. The summed E-state index contributed by atoms with van der Waals surface area (Å²) in [6.45, 7) is 26.5. The van der Waals surface area contributed by atoms with Crippen LogP contribution in [-0.2, 0) is 47.8 Å². The molecule has 0 aliphatic carbocycles. The molecular weight excluding hydrogens is 783 g/mol. The number of imide groups is 1. The van der Waals surface area contributed by atoms with Crippen molar-refractivity contribution in [1.29, 1.82) is 0 Å². The number of para-hydroxylation sites is 1. The molecule has 0 saturated carbocycles. The van der Waals surface area contributed by atoms with E-state index in [-0.39, 0.29) is 73.0 Å². The predicted octanol–water partition coefficient (Wildman–Crippen LogP) is 9.67. The zero-order chi connectivity index (χ0) is 47.3. The van der Waals surface area contributed by atoms with Crippen LogP contribution in [0.2, 0.25) is 0 Å². The number of carbonyl (C=O) groups excluding carboxylic acids is 5. The first-order chi connectivity index (χ1) is 28.5. The van der Waals surface area contributed by atoms with Gasteiger partial charge in [-0.2, -0.15) is 0 Å². The summed E-state index contributed by atoms with van der Waals surface area (Å²) >= 11 is 0. The summed E-state index contributed by atoms with van der Waals surface area (Å²) in [4.78, 5) is 78.7. The van der Waals surface area contributed by atoms with Crippen LogP contribution in [0.25, 0.3) is 0 Å². The number of carboxylic acid groups (broad SMARTS) is 2. The molecule has 1 heterocycles. The molecule has 13 heteroatoms. The third-order valence-corrected chi connectivity index (χ3v) is 10.3. The zero-order valence-electron chi connectivity index (χ0n) is 38.7. The van der Waals surface area contributed by atoms with Crippen LogP contribution < -0.4 is 4.90 Å². The Kier molecular flexibility index (Phi) is 29.0. The predicted molar refractivity (Wildman–Crippen MR) is 238 cm³/mol.